The molecule has 2 heteroatoms. The standard InChI is InChI=1S/C13H18N2/c1-14-13-7-9-15(10-8-13)11-12-5-3-2-4-6-12/h2-7,14H,8-11H2,1H3. The second-order valence-electron chi connectivity index (χ2n) is 3.95. The first kappa shape index (κ1) is 10.2. The van der Waals surface area contributed by atoms with Crippen LogP contribution in [0.2, 0.25) is 0 Å². The molecule has 0 bridgehead atoms. The lowest BCUT2D eigenvalue weighted by Gasteiger charge is -2.26. The fourth-order valence-electron chi connectivity index (χ4n) is 1.92. The maximum Gasteiger partial charge on any atom is 0.0237 e. The van der Waals surface area contributed by atoms with Gasteiger partial charge in [0.1, 0.15) is 0 Å². The van der Waals surface area contributed by atoms with E-state index in [9.17, 15) is 0 Å². The van der Waals surface area contributed by atoms with E-state index < -0.39 is 0 Å². The predicted molar refractivity (Wildman–Crippen MR) is 63.5 cm³/mol. The van der Waals surface area contributed by atoms with Gasteiger partial charge in [-0.05, 0) is 12.0 Å². The van der Waals surface area contributed by atoms with Gasteiger partial charge in [-0.2, -0.15) is 0 Å². The van der Waals surface area contributed by atoms with Crippen LogP contribution in [0.4, 0.5) is 0 Å². The summed E-state index contributed by atoms with van der Waals surface area (Å²) in [5.74, 6) is 0. The van der Waals surface area contributed by atoms with Gasteiger partial charge in [0.05, 0.1) is 0 Å². The molecule has 0 saturated heterocycles. The minimum absolute atomic E-state index is 1.06. The molecule has 1 N–H and O–H groups in total. The molecule has 1 aliphatic rings. The molecule has 1 heterocycles. The molecule has 15 heavy (non-hydrogen) atoms. The molecule has 0 saturated carbocycles. The van der Waals surface area contributed by atoms with Gasteiger partial charge in [-0.1, -0.05) is 36.4 Å². The van der Waals surface area contributed by atoms with Gasteiger partial charge in [0.2, 0.25) is 0 Å². The number of nitrogens with one attached hydrogen (secondary N) is 1. The molecule has 0 unspecified atom stereocenters. The van der Waals surface area contributed by atoms with E-state index >= 15 is 0 Å². The van der Waals surface area contributed by atoms with Crippen LogP contribution < -0.4 is 5.32 Å². The summed E-state index contributed by atoms with van der Waals surface area (Å²) in [4.78, 5) is 2.47. The Balaban J connectivity index is 1.90. The quantitative estimate of drug-likeness (QED) is 0.806. The highest BCUT2D eigenvalue weighted by molar-refractivity contribution is 5.15. The Labute approximate surface area is 91.6 Å². The Hall–Kier alpha value is -1.28. The Morgan fingerprint density at radius 3 is 2.67 bits per heavy atom. The largest absolute Gasteiger partial charge is 0.392 e. The molecule has 2 rings (SSSR count). The van der Waals surface area contributed by atoms with Gasteiger partial charge in [0.25, 0.3) is 0 Å². The molecule has 0 atom stereocenters. The number of nitrogens with zero attached hydrogens (tertiary/aromatic N) is 1. The van der Waals surface area contributed by atoms with Crippen LogP contribution in [0.5, 0.6) is 0 Å². The first-order chi connectivity index (χ1) is 7.38. The van der Waals surface area contributed by atoms with Gasteiger partial charge < -0.3 is 5.32 Å². The fraction of sp³-hybridized carbons (Fsp3) is 0.385. The first-order valence-electron chi connectivity index (χ1n) is 5.51. The summed E-state index contributed by atoms with van der Waals surface area (Å²) < 4.78 is 0. The number of hydrogen-bond donors (Lipinski definition) is 1. The molecule has 1 aromatic rings. The van der Waals surface area contributed by atoms with Crippen molar-refractivity contribution in [1.82, 2.24) is 10.2 Å². The zero-order valence-corrected chi connectivity index (χ0v) is 9.24. The van der Waals surface area contributed by atoms with Gasteiger partial charge >= 0.3 is 0 Å². The highest BCUT2D eigenvalue weighted by atomic mass is 15.1. The Morgan fingerprint density at radius 2 is 2.07 bits per heavy atom. The maximum atomic E-state index is 3.22. The number of rotatable bonds is 3. The van der Waals surface area contributed by atoms with Crippen molar-refractivity contribution in [3.63, 3.8) is 0 Å². The average Bonchev–Trinajstić information content (AvgIpc) is 2.31. The van der Waals surface area contributed by atoms with Crippen LogP contribution in [-0.4, -0.2) is 25.0 Å². The van der Waals surface area contributed by atoms with Crippen molar-refractivity contribution in [2.45, 2.75) is 13.0 Å². The summed E-state index contributed by atoms with van der Waals surface area (Å²) in [5.41, 5.74) is 2.78. The zero-order chi connectivity index (χ0) is 10.5. The fourth-order valence-corrected chi connectivity index (χ4v) is 1.92. The second kappa shape index (κ2) is 4.99. The van der Waals surface area contributed by atoms with Gasteiger partial charge in [-0.15, -0.1) is 0 Å². The Morgan fingerprint density at radius 1 is 1.27 bits per heavy atom. The van der Waals surface area contributed by atoms with E-state index in [1.807, 2.05) is 7.05 Å². The summed E-state index contributed by atoms with van der Waals surface area (Å²) >= 11 is 0. The van der Waals surface area contributed by atoms with Crippen molar-refractivity contribution in [3.8, 4) is 0 Å². The molecule has 1 aromatic carbocycles. The van der Waals surface area contributed by atoms with Crippen LogP contribution >= 0.6 is 0 Å². The third-order valence-corrected chi connectivity index (χ3v) is 2.86. The van der Waals surface area contributed by atoms with E-state index in [2.05, 4.69) is 46.6 Å². The summed E-state index contributed by atoms with van der Waals surface area (Å²) in [7, 11) is 2.00. The van der Waals surface area contributed by atoms with Gasteiger partial charge in [0.15, 0.2) is 0 Å². The van der Waals surface area contributed by atoms with Crippen molar-refractivity contribution >= 4 is 0 Å². The lowest BCUT2D eigenvalue weighted by atomic mass is 10.1. The van der Waals surface area contributed by atoms with E-state index in [0.717, 1.165) is 26.1 Å². The van der Waals surface area contributed by atoms with E-state index in [1.54, 1.807) is 0 Å². The van der Waals surface area contributed by atoms with Crippen molar-refractivity contribution in [2.75, 3.05) is 20.1 Å². The molecule has 0 spiro atoms. The monoisotopic (exact) mass is 202 g/mol. The molecule has 0 fully saturated rings. The molecule has 0 amide bonds. The molecule has 1 aliphatic heterocycles. The summed E-state index contributed by atoms with van der Waals surface area (Å²) in [5, 5.41) is 3.22. The lowest BCUT2D eigenvalue weighted by molar-refractivity contribution is 0.283. The highest BCUT2D eigenvalue weighted by Gasteiger charge is 2.10. The molecule has 2 nitrogen and oxygen atoms in total. The summed E-state index contributed by atoms with van der Waals surface area (Å²) in [6.07, 6.45) is 3.43. The predicted octanol–water partition coefficient (Wildman–Crippen LogP) is 2.00. The van der Waals surface area contributed by atoms with E-state index in [4.69, 9.17) is 0 Å². The average molecular weight is 202 g/mol. The molecular formula is C13H18N2. The topological polar surface area (TPSA) is 15.3 Å². The van der Waals surface area contributed by atoms with Gasteiger partial charge in [0, 0.05) is 32.4 Å². The third-order valence-electron chi connectivity index (χ3n) is 2.86. The van der Waals surface area contributed by atoms with Crippen molar-refractivity contribution in [1.29, 1.82) is 0 Å². The van der Waals surface area contributed by atoms with Gasteiger partial charge in [-0.3, -0.25) is 4.90 Å². The lowest BCUT2D eigenvalue weighted by Crippen LogP contribution is -2.30. The van der Waals surface area contributed by atoms with Crippen LogP contribution in [-0.2, 0) is 6.54 Å². The van der Waals surface area contributed by atoms with Crippen LogP contribution in [0.1, 0.15) is 12.0 Å². The van der Waals surface area contributed by atoms with Gasteiger partial charge in [-0.25, -0.2) is 0 Å². The smallest absolute Gasteiger partial charge is 0.0237 e. The third kappa shape index (κ3) is 2.83. The SMILES string of the molecule is CNC1=CCN(Cc2ccccc2)CC1. The molecule has 0 radical (unpaired) electrons. The van der Waals surface area contributed by atoms with Crippen LogP contribution in [0.15, 0.2) is 42.1 Å². The molecule has 0 aromatic heterocycles. The molecule has 80 valence electrons. The Kier molecular flexibility index (Phi) is 3.41. The van der Waals surface area contributed by atoms with Crippen LogP contribution in [0, 0.1) is 0 Å². The van der Waals surface area contributed by atoms with Crippen LogP contribution in [0.25, 0.3) is 0 Å². The maximum absolute atomic E-state index is 3.22. The second-order valence-corrected chi connectivity index (χ2v) is 3.95. The van der Waals surface area contributed by atoms with E-state index in [0.29, 0.717) is 0 Å². The normalized spacial score (nSPS) is 17.3. The number of benzene rings is 1. The van der Waals surface area contributed by atoms with Crippen molar-refractivity contribution in [2.24, 2.45) is 0 Å². The zero-order valence-electron chi connectivity index (χ0n) is 9.24. The Bertz CT molecular complexity index is 330. The van der Waals surface area contributed by atoms with E-state index in [-0.39, 0.29) is 0 Å². The van der Waals surface area contributed by atoms with E-state index in [1.165, 1.54) is 11.3 Å². The number of hydrogen-bond acceptors (Lipinski definition) is 2. The summed E-state index contributed by atoms with van der Waals surface area (Å²) in [6, 6.07) is 10.7. The minimum atomic E-state index is 1.06. The first-order valence-corrected chi connectivity index (χ1v) is 5.51. The summed E-state index contributed by atoms with van der Waals surface area (Å²) in [6.45, 7) is 3.28. The molecule has 0 aliphatic carbocycles. The minimum Gasteiger partial charge on any atom is -0.392 e. The highest BCUT2D eigenvalue weighted by Crippen LogP contribution is 2.11. The van der Waals surface area contributed by atoms with Crippen LogP contribution in [0.3, 0.4) is 0 Å². The van der Waals surface area contributed by atoms with Crippen molar-refractivity contribution in [3.05, 3.63) is 47.7 Å². The molecular weight excluding hydrogens is 184 g/mol. The van der Waals surface area contributed by atoms with Crippen molar-refractivity contribution < 1.29 is 0 Å².